The molecule has 0 fully saturated rings. The molecule has 0 aliphatic carbocycles. The second-order valence-corrected chi connectivity index (χ2v) is 5.12. The van der Waals surface area contributed by atoms with Crippen LogP contribution < -0.4 is 4.74 Å². The van der Waals surface area contributed by atoms with Gasteiger partial charge in [-0.3, -0.25) is 4.79 Å². The highest BCUT2D eigenvalue weighted by Gasteiger charge is 2.15. The van der Waals surface area contributed by atoms with E-state index in [4.69, 9.17) is 4.74 Å². The standard InChI is InChI=1S/C16H15BrO3/c1-2-13(18)12-8-9-14(16(19)15(12)17)20-10-11-6-4-3-5-7-11/h3-9,19H,2,10H2,1H3. The number of hydrogen-bond acceptors (Lipinski definition) is 3. The SMILES string of the molecule is CCC(=O)c1ccc(OCc2ccccc2)c(O)c1Br. The Morgan fingerprint density at radius 3 is 2.55 bits per heavy atom. The molecular formula is C16H15BrO3. The first-order valence-electron chi connectivity index (χ1n) is 6.35. The van der Waals surface area contributed by atoms with Crippen molar-refractivity contribution >= 4 is 21.7 Å². The van der Waals surface area contributed by atoms with Crippen LogP contribution in [-0.2, 0) is 6.61 Å². The van der Waals surface area contributed by atoms with Gasteiger partial charge in [0.25, 0.3) is 0 Å². The summed E-state index contributed by atoms with van der Waals surface area (Å²) in [5.74, 6) is 0.287. The van der Waals surface area contributed by atoms with Crippen LogP contribution in [0.1, 0.15) is 29.3 Å². The zero-order valence-corrected chi connectivity index (χ0v) is 12.7. The maximum atomic E-state index is 11.7. The highest BCUT2D eigenvalue weighted by molar-refractivity contribution is 9.10. The molecule has 20 heavy (non-hydrogen) atoms. The van der Waals surface area contributed by atoms with E-state index in [0.29, 0.717) is 28.8 Å². The maximum Gasteiger partial charge on any atom is 0.172 e. The topological polar surface area (TPSA) is 46.5 Å². The van der Waals surface area contributed by atoms with Crippen molar-refractivity contribution in [2.75, 3.05) is 0 Å². The van der Waals surface area contributed by atoms with E-state index in [1.165, 1.54) is 0 Å². The van der Waals surface area contributed by atoms with Gasteiger partial charge in [0, 0.05) is 12.0 Å². The van der Waals surface area contributed by atoms with Crippen molar-refractivity contribution in [2.45, 2.75) is 20.0 Å². The third-order valence-electron chi connectivity index (χ3n) is 2.94. The van der Waals surface area contributed by atoms with Crippen LogP contribution in [0.4, 0.5) is 0 Å². The summed E-state index contributed by atoms with van der Waals surface area (Å²) in [5.41, 5.74) is 1.48. The van der Waals surface area contributed by atoms with Crippen molar-refractivity contribution in [2.24, 2.45) is 0 Å². The minimum atomic E-state index is -0.0415. The van der Waals surface area contributed by atoms with E-state index in [9.17, 15) is 9.90 Å². The Bertz CT molecular complexity index is 609. The van der Waals surface area contributed by atoms with E-state index in [-0.39, 0.29) is 11.5 Å². The van der Waals surface area contributed by atoms with Crippen LogP contribution in [-0.4, -0.2) is 10.9 Å². The van der Waals surface area contributed by atoms with Gasteiger partial charge in [-0.05, 0) is 33.6 Å². The van der Waals surface area contributed by atoms with Gasteiger partial charge in [-0.25, -0.2) is 0 Å². The number of hydrogen-bond donors (Lipinski definition) is 1. The lowest BCUT2D eigenvalue weighted by Crippen LogP contribution is -2.00. The van der Waals surface area contributed by atoms with E-state index in [2.05, 4.69) is 15.9 Å². The molecule has 3 nitrogen and oxygen atoms in total. The summed E-state index contributed by atoms with van der Waals surface area (Å²) in [6.45, 7) is 2.15. The van der Waals surface area contributed by atoms with Crippen molar-refractivity contribution in [3.8, 4) is 11.5 Å². The zero-order chi connectivity index (χ0) is 14.5. The molecule has 0 spiro atoms. The summed E-state index contributed by atoms with van der Waals surface area (Å²) in [5, 5.41) is 10.1. The molecule has 0 aliphatic heterocycles. The number of benzene rings is 2. The molecule has 0 unspecified atom stereocenters. The summed E-state index contributed by atoms with van der Waals surface area (Å²) in [4.78, 5) is 11.7. The molecule has 0 atom stereocenters. The lowest BCUT2D eigenvalue weighted by molar-refractivity contribution is 0.0987. The molecule has 0 radical (unpaired) electrons. The predicted molar refractivity (Wildman–Crippen MR) is 81.2 cm³/mol. The van der Waals surface area contributed by atoms with Gasteiger partial charge in [0.2, 0.25) is 0 Å². The van der Waals surface area contributed by atoms with Crippen LogP contribution in [0, 0.1) is 0 Å². The first-order valence-corrected chi connectivity index (χ1v) is 7.14. The van der Waals surface area contributed by atoms with Crippen LogP contribution in [0.3, 0.4) is 0 Å². The van der Waals surface area contributed by atoms with Crippen LogP contribution in [0.15, 0.2) is 46.9 Å². The highest BCUT2D eigenvalue weighted by Crippen LogP contribution is 2.37. The average Bonchev–Trinajstić information content (AvgIpc) is 2.49. The first kappa shape index (κ1) is 14.6. The fourth-order valence-electron chi connectivity index (χ4n) is 1.80. The summed E-state index contributed by atoms with van der Waals surface area (Å²) in [6.07, 6.45) is 0.391. The number of carbonyl (C=O) groups excluding carboxylic acids is 1. The van der Waals surface area contributed by atoms with Gasteiger partial charge in [0.05, 0.1) is 4.47 Å². The quantitative estimate of drug-likeness (QED) is 0.828. The highest BCUT2D eigenvalue weighted by atomic mass is 79.9. The number of aromatic hydroxyl groups is 1. The second-order valence-electron chi connectivity index (χ2n) is 4.32. The van der Waals surface area contributed by atoms with Crippen LogP contribution in [0.25, 0.3) is 0 Å². The first-order chi connectivity index (χ1) is 9.63. The molecule has 0 saturated heterocycles. The normalized spacial score (nSPS) is 10.3. The molecule has 4 heteroatoms. The fourth-order valence-corrected chi connectivity index (χ4v) is 2.35. The summed E-state index contributed by atoms with van der Waals surface area (Å²) in [7, 11) is 0. The number of Topliss-reactive ketones (excluding diaryl/α,β-unsaturated/α-hetero) is 1. The molecule has 0 heterocycles. The maximum absolute atomic E-state index is 11.7. The van der Waals surface area contributed by atoms with Gasteiger partial charge in [-0.1, -0.05) is 37.3 Å². The minimum Gasteiger partial charge on any atom is -0.503 e. The Morgan fingerprint density at radius 1 is 1.20 bits per heavy atom. The van der Waals surface area contributed by atoms with Gasteiger partial charge in [-0.15, -0.1) is 0 Å². The third-order valence-corrected chi connectivity index (χ3v) is 3.74. The Kier molecular flexibility index (Phi) is 4.79. The molecule has 1 N–H and O–H groups in total. The molecule has 2 aromatic carbocycles. The van der Waals surface area contributed by atoms with Crippen LogP contribution >= 0.6 is 15.9 Å². The van der Waals surface area contributed by atoms with Gasteiger partial charge >= 0.3 is 0 Å². The Hall–Kier alpha value is -1.81. The number of ketones is 1. The largest absolute Gasteiger partial charge is 0.503 e. The Morgan fingerprint density at radius 2 is 1.90 bits per heavy atom. The smallest absolute Gasteiger partial charge is 0.172 e. The molecule has 0 amide bonds. The van der Waals surface area contributed by atoms with Crippen LogP contribution in [0.2, 0.25) is 0 Å². The van der Waals surface area contributed by atoms with Crippen LogP contribution in [0.5, 0.6) is 11.5 Å². The summed E-state index contributed by atoms with van der Waals surface area (Å²) in [6, 6.07) is 13.0. The molecule has 104 valence electrons. The van der Waals surface area contributed by atoms with Crippen molar-refractivity contribution in [1.82, 2.24) is 0 Å². The van der Waals surface area contributed by atoms with E-state index in [1.54, 1.807) is 19.1 Å². The monoisotopic (exact) mass is 334 g/mol. The van der Waals surface area contributed by atoms with Gasteiger partial charge in [-0.2, -0.15) is 0 Å². The summed E-state index contributed by atoms with van der Waals surface area (Å²) < 4.78 is 5.96. The molecule has 2 aromatic rings. The van der Waals surface area contributed by atoms with Gasteiger partial charge < -0.3 is 9.84 Å². The number of phenols is 1. The lowest BCUT2D eigenvalue weighted by Gasteiger charge is -2.11. The van der Waals surface area contributed by atoms with Crippen molar-refractivity contribution in [3.05, 3.63) is 58.1 Å². The molecule has 0 bridgehead atoms. The third kappa shape index (κ3) is 3.20. The molecule has 2 rings (SSSR count). The van der Waals surface area contributed by atoms with Crippen molar-refractivity contribution < 1.29 is 14.6 Å². The van der Waals surface area contributed by atoms with E-state index < -0.39 is 0 Å². The van der Waals surface area contributed by atoms with E-state index in [0.717, 1.165) is 5.56 Å². The number of ether oxygens (including phenoxy) is 1. The predicted octanol–water partition coefficient (Wildman–Crippen LogP) is 4.33. The Labute approximate surface area is 126 Å². The molecule has 0 aliphatic rings. The minimum absolute atomic E-state index is 0.0261. The van der Waals surface area contributed by atoms with E-state index >= 15 is 0 Å². The fraction of sp³-hybridized carbons (Fsp3) is 0.188. The average molecular weight is 335 g/mol. The number of halogens is 1. The van der Waals surface area contributed by atoms with Crippen molar-refractivity contribution in [3.63, 3.8) is 0 Å². The number of carbonyl (C=O) groups is 1. The molecule has 0 saturated carbocycles. The number of rotatable bonds is 5. The second kappa shape index (κ2) is 6.57. The Balaban J connectivity index is 2.18. The lowest BCUT2D eigenvalue weighted by atomic mass is 10.1. The van der Waals surface area contributed by atoms with Gasteiger partial charge in [0.15, 0.2) is 17.3 Å². The van der Waals surface area contributed by atoms with Gasteiger partial charge in [0.1, 0.15) is 6.61 Å². The number of phenolic OH excluding ortho intramolecular Hbond substituents is 1. The zero-order valence-electron chi connectivity index (χ0n) is 11.1. The molecular weight excluding hydrogens is 320 g/mol. The van der Waals surface area contributed by atoms with E-state index in [1.807, 2.05) is 30.3 Å². The van der Waals surface area contributed by atoms with Crippen molar-refractivity contribution in [1.29, 1.82) is 0 Å². The molecule has 0 aromatic heterocycles. The summed E-state index contributed by atoms with van der Waals surface area (Å²) >= 11 is 3.25.